The predicted molar refractivity (Wildman–Crippen MR) is 140 cm³/mol. The first-order chi connectivity index (χ1) is 17.2. The Morgan fingerprint density at radius 3 is 2.43 bits per heavy atom. The number of rotatable bonds is 6. The fraction of sp³-hybridized carbons (Fsp3) is 0.0690. The van der Waals surface area contributed by atoms with Crippen LogP contribution in [0.3, 0.4) is 0 Å². The van der Waals surface area contributed by atoms with Crippen LogP contribution in [0, 0.1) is 6.92 Å². The molecule has 0 saturated carbocycles. The van der Waals surface area contributed by atoms with Crippen molar-refractivity contribution in [3.8, 4) is 5.69 Å². The molecule has 3 heterocycles. The van der Waals surface area contributed by atoms with E-state index in [2.05, 4.69) is 31.9 Å². The van der Waals surface area contributed by atoms with Gasteiger partial charge < -0.3 is 4.57 Å². The molecular formula is C29H23N5O. The molecule has 0 atom stereocenters. The topological polar surface area (TPSA) is 57.1 Å². The summed E-state index contributed by atoms with van der Waals surface area (Å²) in [6.45, 7) is 6.37. The molecule has 3 aromatic carbocycles. The second-order valence-corrected chi connectivity index (χ2v) is 8.48. The number of aromatic nitrogens is 5. The highest BCUT2D eigenvalue weighted by molar-refractivity contribution is 6.12. The van der Waals surface area contributed by atoms with E-state index in [0.29, 0.717) is 17.8 Å². The predicted octanol–water partition coefficient (Wildman–Crippen LogP) is 6.02. The Balaban J connectivity index is 1.34. The van der Waals surface area contributed by atoms with Gasteiger partial charge in [0.25, 0.3) is 0 Å². The van der Waals surface area contributed by atoms with E-state index in [1.165, 1.54) is 0 Å². The number of imidazole rings is 2. The SMILES string of the molecule is C=CCn1c2ccccc2n2nc(C)c(C(=O)/C=C/c3ccc(-n4cnc5ccccc54)cc3)c12. The Bertz CT molecular complexity index is 1760. The molecule has 6 aromatic rings. The van der Waals surface area contributed by atoms with Gasteiger partial charge in [-0.1, -0.05) is 48.6 Å². The van der Waals surface area contributed by atoms with Gasteiger partial charge in [0.15, 0.2) is 5.78 Å². The van der Waals surface area contributed by atoms with Crippen molar-refractivity contribution in [1.82, 2.24) is 23.7 Å². The van der Waals surface area contributed by atoms with Crippen molar-refractivity contribution in [2.24, 2.45) is 0 Å². The second kappa shape index (κ2) is 8.25. The van der Waals surface area contributed by atoms with E-state index in [1.54, 1.807) is 6.08 Å². The molecule has 0 fully saturated rings. The third-order valence-corrected chi connectivity index (χ3v) is 6.30. The molecule has 0 bridgehead atoms. The summed E-state index contributed by atoms with van der Waals surface area (Å²) in [4.78, 5) is 17.8. The number of ketones is 1. The van der Waals surface area contributed by atoms with Crippen LogP contribution in [-0.2, 0) is 6.54 Å². The Hall–Kier alpha value is -4.71. The molecule has 6 heteroatoms. The average molecular weight is 458 g/mol. The standard InChI is InChI=1S/C29H23N5O/c1-3-18-32-25-10-6-7-11-26(25)34-29(32)28(20(2)31-34)27(35)17-14-21-12-15-22(16-13-21)33-19-30-23-8-4-5-9-24(23)33/h3-17,19H,1,18H2,2H3/b17-14+. The molecule has 0 amide bonds. The number of carbonyl (C=O) groups is 1. The minimum absolute atomic E-state index is 0.0738. The zero-order valence-electron chi connectivity index (χ0n) is 19.3. The molecule has 6 rings (SSSR count). The van der Waals surface area contributed by atoms with Gasteiger partial charge in [0.05, 0.1) is 33.3 Å². The van der Waals surface area contributed by atoms with Gasteiger partial charge in [0.1, 0.15) is 12.0 Å². The lowest BCUT2D eigenvalue weighted by atomic mass is 10.1. The van der Waals surface area contributed by atoms with Crippen LogP contribution in [0.5, 0.6) is 0 Å². The number of fused-ring (bicyclic) bond motifs is 4. The van der Waals surface area contributed by atoms with E-state index >= 15 is 0 Å². The van der Waals surface area contributed by atoms with Gasteiger partial charge in [-0.3, -0.25) is 9.36 Å². The number of aryl methyl sites for hydroxylation is 1. The second-order valence-electron chi connectivity index (χ2n) is 8.48. The highest BCUT2D eigenvalue weighted by atomic mass is 16.1. The highest BCUT2D eigenvalue weighted by Gasteiger charge is 2.21. The minimum Gasteiger partial charge on any atom is -0.320 e. The van der Waals surface area contributed by atoms with Crippen LogP contribution in [0.15, 0.2) is 97.9 Å². The summed E-state index contributed by atoms with van der Waals surface area (Å²) < 4.78 is 6.01. The van der Waals surface area contributed by atoms with Gasteiger partial charge in [0, 0.05) is 12.2 Å². The summed E-state index contributed by atoms with van der Waals surface area (Å²) in [7, 11) is 0. The number of nitrogens with zero attached hydrogens (tertiary/aromatic N) is 5. The summed E-state index contributed by atoms with van der Waals surface area (Å²) in [5.74, 6) is -0.0738. The first kappa shape index (κ1) is 20.9. The lowest BCUT2D eigenvalue weighted by Crippen LogP contribution is -2.02. The number of para-hydroxylation sites is 4. The van der Waals surface area contributed by atoms with Crippen molar-refractivity contribution in [1.29, 1.82) is 0 Å². The van der Waals surface area contributed by atoms with Crippen LogP contribution >= 0.6 is 0 Å². The smallest absolute Gasteiger partial charge is 0.191 e. The molecule has 0 aliphatic heterocycles. The quantitative estimate of drug-likeness (QED) is 0.175. The zero-order chi connectivity index (χ0) is 23.9. The maximum atomic E-state index is 13.4. The number of carbonyl (C=O) groups excluding carboxylic acids is 1. The van der Waals surface area contributed by atoms with Crippen LogP contribution in [-0.4, -0.2) is 29.5 Å². The number of benzene rings is 3. The van der Waals surface area contributed by atoms with Crippen LogP contribution in [0.2, 0.25) is 0 Å². The molecule has 0 aliphatic rings. The molecule has 3 aromatic heterocycles. The monoisotopic (exact) mass is 457 g/mol. The van der Waals surface area contributed by atoms with Gasteiger partial charge >= 0.3 is 0 Å². The third-order valence-electron chi connectivity index (χ3n) is 6.30. The van der Waals surface area contributed by atoms with Gasteiger partial charge in [-0.25, -0.2) is 9.50 Å². The number of hydrogen-bond acceptors (Lipinski definition) is 3. The van der Waals surface area contributed by atoms with Gasteiger partial charge in [-0.05, 0) is 55.0 Å². The average Bonchev–Trinajstić information content (AvgIpc) is 3.55. The molecular weight excluding hydrogens is 434 g/mol. The van der Waals surface area contributed by atoms with Gasteiger partial charge in [0.2, 0.25) is 0 Å². The first-order valence-electron chi connectivity index (χ1n) is 11.5. The van der Waals surface area contributed by atoms with E-state index in [-0.39, 0.29) is 5.78 Å². The summed E-state index contributed by atoms with van der Waals surface area (Å²) in [5.41, 5.74) is 8.08. The molecule has 0 N–H and O–H groups in total. The maximum absolute atomic E-state index is 13.4. The van der Waals surface area contributed by atoms with Crippen molar-refractivity contribution in [3.63, 3.8) is 0 Å². The van der Waals surface area contributed by atoms with Crippen LogP contribution in [0.25, 0.3) is 39.5 Å². The molecule has 0 saturated heterocycles. The fourth-order valence-electron chi connectivity index (χ4n) is 4.69. The van der Waals surface area contributed by atoms with Crippen molar-refractivity contribution >= 4 is 39.6 Å². The minimum atomic E-state index is -0.0738. The summed E-state index contributed by atoms with van der Waals surface area (Å²) in [6, 6.07) is 24.1. The van der Waals surface area contributed by atoms with E-state index in [9.17, 15) is 4.79 Å². The van der Waals surface area contributed by atoms with Crippen LogP contribution in [0.4, 0.5) is 0 Å². The Labute approximate surface area is 202 Å². The molecule has 0 spiro atoms. The molecule has 0 unspecified atom stereocenters. The Kier molecular flexibility index (Phi) is 4.92. The van der Waals surface area contributed by atoms with E-state index < -0.39 is 0 Å². The molecule has 0 aliphatic carbocycles. The van der Waals surface area contributed by atoms with Crippen molar-refractivity contribution in [3.05, 3.63) is 115 Å². The fourth-order valence-corrected chi connectivity index (χ4v) is 4.69. The summed E-state index contributed by atoms with van der Waals surface area (Å²) in [5, 5.41) is 4.68. The largest absolute Gasteiger partial charge is 0.320 e. The van der Waals surface area contributed by atoms with Crippen LogP contribution < -0.4 is 0 Å². The van der Waals surface area contributed by atoms with Gasteiger partial charge in [-0.2, -0.15) is 5.10 Å². The molecule has 35 heavy (non-hydrogen) atoms. The lowest BCUT2D eigenvalue weighted by molar-refractivity contribution is 0.104. The first-order valence-corrected chi connectivity index (χ1v) is 11.5. The van der Waals surface area contributed by atoms with Gasteiger partial charge in [-0.15, -0.1) is 6.58 Å². The lowest BCUT2D eigenvalue weighted by Gasteiger charge is -2.05. The van der Waals surface area contributed by atoms with Crippen molar-refractivity contribution in [2.75, 3.05) is 0 Å². The maximum Gasteiger partial charge on any atom is 0.191 e. The van der Waals surface area contributed by atoms with Crippen molar-refractivity contribution < 1.29 is 4.79 Å². The van der Waals surface area contributed by atoms with E-state index in [0.717, 1.165) is 39.0 Å². The Morgan fingerprint density at radius 2 is 1.66 bits per heavy atom. The zero-order valence-corrected chi connectivity index (χ0v) is 19.3. The summed E-state index contributed by atoms with van der Waals surface area (Å²) >= 11 is 0. The van der Waals surface area contributed by atoms with E-state index in [1.807, 2.05) is 96.6 Å². The molecule has 0 radical (unpaired) electrons. The molecule has 170 valence electrons. The Morgan fingerprint density at radius 1 is 0.943 bits per heavy atom. The highest BCUT2D eigenvalue weighted by Crippen LogP contribution is 2.26. The normalized spacial score (nSPS) is 11.8. The van der Waals surface area contributed by atoms with E-state index in [4.69, 9.17) is 0 Å². The molecule has 6 nitrogen and oxygen atoms in total. The van der Waals surface area contributed by atoms with Crippen molar-refractivity contribution in [2.45, 2.75) is 13.5 Å². The third kappa shape index (κ3) is 3.38. The number of hydrogen-bond donors (Lipinski definition) is 0. The van der Waals surface area contributed by atoms with Crippen LogP contribution in [0.1, 0.15) is 21.6 Å². The number of allylic oxidation sites excluding steroid dienone is 2. The summed E-state index contributed by atoms with van der Waals surface area (Å²) in [6.07, 6.45) is 7.14.